The number of hydrogen-bond donors (Lipinski definition) is 3. The largest absolute Gasteiger partial charge is 0.494 e. The fraction of sp³-hybridized carbons (Fsp3) is 0.731. The summed E-state index contributed by atoms with van der Waals surface area (Å²) in [6.07, 6.45) is 6.01. The smallest absolute Gasteiger partial charge is 0.334 e. The minimum Gasteiger partial charge on any atom is -0.494 e. The van der Waals surface area contributed by atoms with E-state index in [4.69, 9.17) is 15.9 Å². The second-order valence-corrected chi connectivity index (χ2v) is 11.1. The SMILES string of the molecule is CCCCn1c(O)c(C(=N)N)c(=O)n(C2CCC(C[C@@]3(C)C(=O)N(C)C(=O)N3C[C@@H]3CCCO3)CC2)c1=O. The number of carbonyl (C=O) groups is 2. The van der Waals surface area contributed by atoms with Crippen LogP contribution in [0.4, 0.5) is 4.79 Å². The Hall–Kier alpha value is -3.15. The van der Waals surface area contributed by atoms with Gasteiger partial charge in [0.2, 0.25) is 5.88 Å². The maximum atomic E-state index is 13.3. The third-order valence-electron chi connectivity index (χ3n) is 8.51. The van der Waals surface area contributed by atoms with Crippen LogP contribution < -0.4 is 17.0 Å². The number of nitrogens with two attached hydrogens (primary N) is 1. The summed E-state index contributed by atoms with van der Waals surface area (Å²) < 4.78 is 8.02. The molecule has 1 aromatic rings. The Bertz CT molecular complexity index is 1210. The summed E-state index contributed by atoms with van der Waals surface area (Å²) in [5.41, 5.74) is 2.95. The molecule has 3 aliphatic rings. The molecule has 12 nitrogen and oxygen atoms in total. The van der Waals surface area contributed by atoms with Crippen molar-refractivity contribution in [1.82, 2.24) is 18.9 Å². The molecule has 3 fully saturated rings. The fourth-order valence-electron chi connectivity index (χ4n) is 6.33. The van der Waals surface area contributed by atoms with E-state index < -0.39 is 34.5 Å². The van der Waals surface area contributed by atoms with Crippen LogP contribution in [0.15, 0.2) is 9.59 Å². The van der Waals surface area contributed by atoms with Crippen LogP contribution in [0.5, 0.6) is 5.88 Å². The molecule has 210 valence electrons. The molecule has 3 amide bonds. The van der Waals surface area contributed by atoms with Crippen LogP contribution in [0.3, 0.4) is 0 Å². The molecule has 1 aromatic heterocycles. The summed E-state index contributed by atoms with van der Waals surface area (Å²) in [7, 11) is 1.52. The summed E-state index contributed by atoms with van der Waals surface area (Å²) in [5.74, 6) is -1.23. The number of aromatic nitrogens is 2. The summed E-state index contributed by atoms with van der Waals surface area (Å²) >= 11 is 0. The molecular weight excluding hydrogens is 492 g/mol. The van der Waals surface area contributed by atoms with Crippen molar-refractivity contribution in [3.8, 4) is 5.88 Å². The van der Waals surface area contributed by atoms with Crippen LogP contribution in [0, 0.1) is 11.3 Å². The molecule has 4 rings (SSSR count). The van der Waals surface area contributed by atoms with E-state index in [0.717, 1.165) is 28.4 Å². The maximum absolute atomic E-state index is 13.3. The van der Waals surface area contributed by atoms with E-state index >= 15 is 0 Å². The van der Waals surface area contributed by atoms with E-state index in [-0.39, 0.29) is 36.1 Å². The van der Waals surface area contributed by atoms with Crippen molar-refractivity contribution in [2.24, 2.45) is 11.7 Å². The van der Waals surface area contributed by atoms with Crippen LogP contribution in [0.1, 0.15) is 83.2 Å². The number of nitrogens with zero attached hydrogens (tertiary/aromatic N) is 4. The molecule has 0 bridgehead atoms. The zero-order valence-electron chi connectivity index (χ0n) is 22.6. The summed E-state index contributed by atoms with van der Waals surface area (Å²) in [5, 5.41) is 18.4. The third-order valence-corrected chi connectivity index (χ3v) is 8.51. The highest BCUT2D eigenvalue weighted by molar-refractivity contribution is 6.06. The number of urea groups is 1. The lowest BCUT2D eigenvalue weighted by Crippen LogP contribution is -2.51. The predicted molar refractivity (Wildman–Crippen MR) is 140 cm³/mol. The van der Waals surface area contributed by atoms with Gasteiger partial charge in [-0.1, -0.05) is 13.3 Å². The molecule has 2 aliphatic heterocycles. The number of unbranched alkanes of at least 4 members (excludes halogenated alkanes) is 1. The molecule has 0 radical (unpaired) electrons. The molecule has 2 saturated heterocycles. The number of carbonyl (C=O) groups excluding carboxylic acids is 2. The zero-order valence-corrected chi connectivity index (χ0v) is 22.6. The van der Waals surface area contributed by atoms with Gasteiger partial charge in [0, 0.05) is 32.8 Å². The number of nitrogens with one attached hydrogen (secondary N) is 1. The number of amidine groups is 1. The van der Waals surface area contributed by atoms with E-state index in [1.807, 2.05) is 13.8 Å². The Labute approximate surface area is 221 Å². The highest BCUT2D eigenvalue weighted by Crippen LogP contribution is 2.40. The molecule has 1 saturated carbocycles. The normalized spacial score (nSPS) is 27.9. The lowest BCUT2D eigenvalue weighted by atomic mass is 9.77. The van der Waals surface area contributed by atoms with Gasteiger partial charge in [0.15, 0.2) is 0 Å². The molecule has 2 atom stereocenters. The van der Waals surface area contributed by atoms with Crippen LogP contribution in [0.2, 0.25) is 0 Å². The van der Waals surface area contributed by atoms with E-state index in [1.165, 1.54) is 11.9 Å². The van der Waals surface area contributed by atoms with Gasteiger partial charge in [0.05, 0.1) is 6.10 Å². The first-order valence-electron chi connectivity index (χ1n) is 13.6. The van der Waals surface area contributed by atoms with Crippen molar-refractivity contribution in [2.45, 2.75) is 95.9 Å². The quantitative estimate of drug-likeness (QED) is 0.248. The van der Waals surface area contributed by atoms with Crippen LogP contribution in [-0.2, 0) is 16.1 Å². The van der Waals surface area contributed by atoms with Crippen molar-refractivity contribution >= 4 is 17.8 Å². The van der Waals surface area contributed by atoms with E-state index in [2.05, 4.69) is 0 Å². The average Bonchev–Trinajstić information content (AvgIpc) is 3.44. The van der Waals surface area contributed by atoms with Crippen molar-refractivity contribution in [3.05, 3.63) is 26.4 Å². The Morgan fingerprint density at radius 1 is 1.16 bits per heavy atom. The predicted octanol–water partition coefficient (Wildman–Crippen LogP) is 1.75. The lowest BCUT2D eigenvalue weighted by Gasteiger charge is -2.38. The molecule has 0 unspecified atom stereocenters. The molecule has 12 heteroatoms. The average molecular weight is 533 g/mol. The van der Waals surface area contributed by atoms with Gasteiger partial charge in [-0.05, 0) is 64.2 Å². The Morgan fingerprint density at radius 2 is 1.84 bits per heavy atom. The standard InChI is InChI=1S/C26H40N6O6/c1-4-5-12-30-21(33)19(20(27)28)22(34)32(25(30)37)17-10-8-16(9-11-17)14-26(2)23(35)29(3)24(36)31(26)15-18-7-6-13-38-18/h16-18,33H,4-15H2,1-3H3,(H3,27,28)/t16?,17?,18-,26-/m0/s1. The number of aromatic hydroxyl groups is 1. The third kappa shape index (κ3) is 4.85. The lowest BCUT2D eigenvalue weighted by molar-refractivity contribution is -0.133. The van der Waals surface area contributed by atoms with Crippen LogP contribution in [-0.4, -0.2) is 73.7 Å². The number of imide groups is 1. The number of rotatable bonds is 9. The first-order valence-corrected chi connectivity index (χ1v) is 13.6. The van der Waals surface area contributed by atoms with E-state index in [9.17, 15) is 24.3 Å². The number of ether oxygens (including phenoxy) is 1. The summed E-state index contributed by atoms with van der Waals surface area (Å²) in [6, 6.07) is -0.709. The fourth-order valence-corrected chi connectivity index (χ4v) is 6.33. The van der Waals surface area contributed by atoms with Crippen LogP contribution >= 0.6 is 0 Å². The van der Waals surface area contributed by atoms with E-state index in [1.54, 1.807) is 4.90 Å². The molecule has 3 heterocycles. The first kappa shape index (κ1) is 27.9. The Kier molecular flexibility index (Phi) is 8.01. The molecule has 4 N–H and O–H groups in total. The topological polar surface area (TPSA) is 164 Å². The van der Waals surface area contributed by atoms with Gasteiger partial charge >= 0.3 is 11.7 Å². The minimum absolute atomic E-state index is 0.0694. The van der Waals surface area contributed by atoms with Crippen molar-refractivity contribution in [1.29, 1.82) is 5.41 Å². The molecule has 0 aromatic carbocycles. The highest BCUT2D eigenvalue weighted by atomic mass is 16.5. The molecule has 38 heavy (non-hydrogen) atoms. The highest BCUT2D eigenvalue weighted by Gasteiger charge is 2.54. The monoisotopic (exact) mass is 532 g/mol. The van der Waals surface area contributed by atoms with Gasteiger partial charge in [0.1, 0.15) is 16.9 Å². The maximum Gasteiger partial charge on any atom is 0.334 e. The number of amides is 3. The van der Waals surface area contributed by atoms with Crippen LogP contribution in [0.25, 0.3) is 0 Å². The van der Waals surface area contributed by atoms with Gasteiger partial charge in [-0.3, -0.25) is 29.0 Å². The number of hydrogen-bond acceptors (Lipinski definition) is 7. The summed E-state index contributed by atoms with van der Waals surface area (Å²) in [6.45, 7) is 5.05. The first-order chi connectivity index (χ1) is 18.0. The Morgan fingerprint density at radius 3 is 2.42 bits per heavy atom. The zero-order chi connectivity index (χ0) is 27.8. The van der Waals surface area contributed by atoms with Gasteiger partial charge in [-0.2, -0.15) is 0 Å². The van der Waals surface area contributed by atoms with Crippen molar-refractivity contribution < 1.29 is 19.4 Å². The Balaban J connectivity index is 1.54. The summed E-state index contributed by atoms with van der Waals surface area (Å²) in [4.78, 5) is 55.5. The van der Waals surface area contributed by atoms with Crippen molar-refractivity contribution in [2.75, 3.05) is 20.2 Å². The van der Waals surface area contributed by atoms with Gasteiger partial charge in [0.25, 0.3) is 11.5 Å². The van der Waals surface area contributed by atoms with Gasteiger partial charge in [-0.15, -0.1) is 0 Å². The van der Waals surface area contributed by atoms with Gasteiger partial charge in [-0.25, -0.2) is 9.59 Å². The number of nitrogen functional groups attached to an aromatic ring is 1. The van der Waals surface area contributed by atoms with Crippen molar-refractivity contribution in [3.63, 3.8) is 0 Å². The molecular formula is C26H40N6O6. The van der Waals surface area contributed by atoms with E-state index in [0.29, 0.717) is 51.7 Å². The second kappa shape index (κ2) is 10.9. The molecule has 0 spiro atoms. The van der Waals surface area contributed by atoms with Gasteiger partial charge < -0.3 is 20.5 Å². The minimum atomic E-state index is -0.973. The number of likely N-dealkylation sites (N-methyl/N-ethyl adjacent to an activating group) is 1. The molecule has 1 aliphatic carbocycles. The second-order valence-electron chi connectivity index (χ2n) is 11.1.